The Kier molecular flexibility index (Phi) is 4.35. The van der Waals surface area contributed by atoms with Crippen molar-refractivity contribution in [3.63, 3.8) is 0 Å². The van der Waals surface area contributed by atoms with Crippen LogP contribution in [-0.4, -0.2) is 25.4 Å². The molecule has 0 unspecified atom stereocenters. The fourth-order valence-electron chi connectivity index (χ4n) is 4.16. The molecule has 0 spiro atoms. The zero-order valence-corrected chi connectivity index (χ0v) is 15.8. The summed E-state index contributed by atoms with van der Waals surface area (Å²) in [5, 5.41) is 13.3. The van der Waals surface area contributed by atoms with Crippen molar-refractivity contribution >= 4 is 0 Å². The van der Waals surface area contributed by atoms with Crippen LogP contribution in [0.25, 0.3) is 0 Å². The van der Waals surface area contributed by atoms with Crippen LogP contribution in [0, 0.1) is 23.0 Å². The van der Waals surface area contributed by atoms with E-state index >= 15 is 0 Å². The number of nitriles is 1. The standard InChI is InChI=1S/C21H17F2N5O2/c22-14-5-13(6-15(23)7-14)18-2-3-19-26-28(21(29)27(18)19)16-8-17(9-16)30-20-4-1-12(10-24)11-25-20/h1,4-7,11,16-18H,2-3,8-9H2/t16-,17-,18-/m0/s1. The van der Waals surface area contributed by atoms with Crippen LogP contribution < -0.4 is 10.4 Å². The van der Waals surface area contributed by atoms with E-state index in [-0.39, 0.29) is 17.8 Å². The first-order chi connectivity index (χ1) is 14.5. The minimum atomic E-state index is -0.658. The molecule has 0 saturated heterocycles. The molecule has 1 aromatic carbocycles. The van der Waals surface area contributed by atoms with Crippen molar-refractivity contribution in [1.82, 2.24) is 19.3 Å². The molecule has 0 radical (unpaired) electrons. The monoisotopic (exact) mass is 409 g/mol. The Morgan fingerprint density at radius 1 is 1.17 bits per heavy atom. The molecule has 1 aliphatic heterocycles. The number of halogens is 2. The Labute approximate surface area is 170 Å². The molecule has 3 heterocycles. The van der Waals surface area contributed by atoms with E-state index < -0.39 is 17.7 Å². The number of aromatic nitrogens is 4. The van der Waals surface area contributed by atoms with Gasteiger partial charge in [0.15, 0.2) is 0 Å². The molecule has 0 bridgehead atoms. The van der Waals surface area contributed by atoms with Crippen LogP contribution in [0.3, 0.4) is 0 Å². The Morgan fingerprint density at radius 2 is 1.93 bits per heavy atom. The lowest BCUT2D eigenvalue weighted by molar-refractivity contribution is 0.0584. The number of hydrogen-bond donors (Lipinski definition) is 0. The number of benzene rings is 1. The summed E-state index contributed by atoms with van der Waals surface area (Å²) < 4.78 is 36.1. The van der Waals surface area contributed by atoms with Gasteiger partial charge in [-0.3, -0.25) is 4.57 Å². The van der Waals surface area contributed by atoms with Gasteiger partial charge >= 0.3 is 5.69 Å². The zero-order valence-electron chi connectivity index (χ0n) is 15.8. The van der Waals surface area contributed by atoms with Gasteiger partial charge in [0.1, 0.15) is 29.6 Å². The van der Waals surface area contributed by atoms with E-state index in [1.165, 1.54) is 23.0 Å². The van der Waals surface area contributed by atoms with Crippen molar-refractivity contribution in [1.29, 1.82) is 5.26 Å². The van der Waals surface area contributed by atoms with Gasteiger partial charge in [0.25, 0.3) is 0 Å². The summed E-state index contributed by atoms with van der Waals surface area (Å²) in [5.74, 6) is -0.248. The Morgan fingerprint density at radius 3 is 2.60 bits per heavy atom. The van der Waals surface area contributed by atoms with Crippen molar-refractivity contribution < 1.29 is 13.5 Å². The van der Waals surface area contributed by atoms with Crippen LogP contribution in [0.2, 0.25) is 0 Å². The molecule has 3 aromatic rings. The van der Waals surface area contributed by atoms with Gasteiger partial charge in [-0.1, -0.05) is 0 Å². The molecule has 1 atom stereocenters. The molecule has 1 aliphatic carbocycles. The Hall–Kier alpha value is -3.54. The summed E-state index contributed by atoms with van der Waals surface area (Å²) in [4.78, 5) is 17.1. The third-order valence-electron chi connectivity index (χ3n) is 5.69. The van der Waals surface area contributed by atoms with E-state index in [0.717, 1.165) is 6.07 Å². The molecule has 9 heteroatoms. The van der Waals surface area contributed by atoms with E-state index in [2.05, 4.69) is 10.1 Å². The largest absolute Gasteiger partial charge is 0.474 e. The lowest BCUT2D eigenvalue weighted by Crippen LogP contribution is -2.41. The van der Waals surface area contributed by atoms with Crippen LogP contribution in [0.15, 0.2) is 41.3 Å². The van der Waals surface area contributed by atoms with Gasteiger partial charge in [0.2, 0.25) is 5.88 Å². The average Bonchev–Trinajstić information content (AvgIpc) is 3.24. The molecule has 152 valence electrons. The van der Waals surface area contributed by atoms with Crippen molar-refractivity contribution in [2.75, 3.05) is 0 Å². The fourth-order valence-corrected chi connectivity index (χ4v) is 4.16. The molecule has 0 N–H and O–H groups in total. The third-order valence-corrected chi connectivity index (χ3v) is 5.69. The van der Waals surface area contributed by atoms with E-state index in [4.69, 9.17) is 10.00 Å². The van der Waals surface area contributed by atoms with Crippen LogP contribution in [0.1, 0.15) is 48.3 Å². The molecule has 1 fully saturated rings. The highest BCUT2D eigenvalue weighted by Crippen LogP contribution is 2.36. The third kappa shape index (κ3) is 3.14. The molecule has 5 rings (SSSR count). The summed E-state index contributed by atoms with van der Waals surface area (Å²) in [5.41, 5.74) is 0.632. The maximum atomic E-state index is 13.6. The summed E-state index contributed by atoms with van der Waals surface area (Å²) >= 11 is 0. The predicted molar refractivity (Wildman–Crippen MR) is 101 cm³/mol. The number of aryl methyl sites for hydroxylation is 1. The van der Waals surface area contributed by atoms with E-state index in [0.29, 0.717) is 48.5 Å². The van der Waals surface area contributed by atoms with Crippen LogP contribution >= 0.6 is 0 Å². The second-order valence-corrected chi connectivity index (χ2v) is 7.63. The minimum absolute atomic E-state index is 0.0908. The van der Waals surface area contributed by atoms with Gasteiger partial charge in [-0.2, -0.15) is 10.4 Å². The van der Waals surface area contributed by atoms with Gasteiger partial charge in [-0.05, 0) is 30.2 Å². The number of fused-ring (bicyclic) bond motifs is 1. The number of ether oxygens (including phenoxy) is 1. The quantitative estimate of drug-likeness (QED) is 0.661. The van der Waals surface area contributed by atoms with E-state index in [1.54, 1.807) is 16.7 Å². The second kappa shape index (κ2) is 7.06. The van der Waals surface area contributed by atoms with E-state index in [9.17, 15) is 13.6 Å². The number of nitrogens with zero attached hydrogens (tertiary/aromatic N) is 5. The van der Waals surface area contributed by atoms with Gasteiger partial charge in [-0.15, -0.1) is 0 Å². The number of rotatable bonds is 4. The fraction of sp³-hybridized carbons (Fsp3) is 0.333. The molecular weight excluding hydrogens is 392 g/mol. The lowest BCUT2D eigenvalue weighted by atomic mass is 9.89. The SMILES string of the molecule is N#Cc1ccc(O[C@H]2C[C@H](n3nc4n(c3=O)[C@H](c3cc(F)cc(F)c3)CC4)C2)nc1. The highest BCUT2D eigenvalue weighted by molar-refractivity contribution is 5.28. The minimum Gasteiger partial charge on any atom is -0.474 e. The molecule has 1 saturated carbocycles. The number of pyridine rings is 1. The lowest BCUT2D eigenvalue weighted by Gasteiger charge is -2.34. The normalized spacial score (nSPS) is 22.2. The highest BCUT2D eigenvalue weighted by atomic mass is 19.1. The van der Waals surface area contributed by atoms with Crippen molar-refractivity contribution in [3.05, 3.63) is 75.6 Å². The predicted octanol–water partition coefficient (Wildman–Crippen LogP) is 2.91. The first kappa shape index (κ1) is 18.5. The van der Waals surface area contributed by atoms with Gasteiger partial charge in [0.05, 0.1) is 17.6 Å². The zero-order chi connectivity index (χ0) is 20.8. The molecule has 2 aliphatic rings. The first-order valence-electron chi connectivity index (χ1n) is 9.70. The molecular formula is C21H17F2N5O2. The topological polar surface area (TPSA) is 85.7 Å². The smallest absolute Gasteiger partial charge is 0.346 e. The second-order valence-electron chi connectivity index (χ2n) is 7.63. The molecule has 30 heavy (non-hydrogen) atoms. The number of hydrogen-bond acceptors (Lipinski definition) is 5. The molecule has 0 amide bonds. The van der Waals surface area contributed by atoms with Crippen molar-refractivity contribution in [2.24, 2.45) is 0 Å². The summed E-state index contributed by atoms with van der Waals surface area (Å²) in [6, 6.07) is 8.13. The average molecular weight is 409 g/mol. The Balaban J connectivity index is 1.31. The highest BCUT2D eigenvalue weighted by Gasteiger charge is 2.38. The molecule has 7 nitrogen and oxygen atoms in total. The summed E-state index contributed by atoms with van der Waals surface area (Å²) in [7, 11) is 0. The summed E-state index contributed by atoms with van der Waals surface area (Å²) in [6.07, 6.45) is 3.74. The van der Waals surface area contributed by atoms with Crippen molar-refractivity contribution in [2.45, 2.75) is 43.9 Å². The maximum Gasteiger partial charge on any atom is 0.346 e. The van der Waals surface area contributed by atoms with Crippen molar-refractivity contribution in [3.8, 4) is 11.9 Å². The van der Waals surface area contributed by atoms with Crippen LogP contribution in [0.5, 0.6) is 5.88 Å². The van der Waals surface area contributed by atoms with E-state index in [1.807, 2.05) is 6.07 Å². The molecule has 2 aromatic heterocycles. The maximum absolute atomic E-state index is 13.6. The van der Waals surface area contributed by atoms with Gasteiger partial charge < -0.3 is 4.74 Å². The summed E-state index contributed by atoms with van der Waals surface area (Å²) in [6.45, 7) is 0. The van der Waals surface area contributed by atoms with Gasteiger partial charge in [-0.25, -0.2) is 23.2 Å². The first-order valence-corrected chi connectivity index (χ1v) is 9.70. The van der Waals surface area contributed by atoms with Crippen LogP contribution in [-0.2, 0) is 6.42 Å². The Bertz CT molecular complexity index is 1190. The van der Waals surface area contributed by atoms with Crippen LogP contribution in [0.4, 0.5) is 8.78 Å². The van der Waals surface area contributed by atoms with Gasteiger partial charge in [0, 0.05) is 37.6 Å².